The third-order valence-electron chi connectivity index (χ3n) is 1.46. The van der Waals surface area contributed by atoms with Crippen molar-refractivity contribution in [2.45, 2.75) is 17.9 Å². The van der Waals surface area contributed by atoms with E-state index in [1.807, 2.05) is 18.2 Å². The summed E-state index contributed by atoms with van der Waals surface area (Å²) in [5.74, 6) is 1.27. The Kier molecular flexibility index (Phi) is 5.47. The van der Waals surface area contributed by atoms with Crippen LogP contribution < -0.4 is 5.73 Å². The van der Waals surface area contributed by atoms with Gasteiger partial charge in [-0.15, -0.1) is 0 Å². The zero-order valence-corrected chi connectivity index (χ0v) is 9.40. The van der Waals surface area contributed by atoms with Gasteiger partial charge in [0.2, 0.25) is 0 Å². The number of nitrogens with zero attached hydrogens (tertiary/aromatic N) is 1. The lowest BCUT2D eigenvalue weighted by molar-refractivity contribution is 0.992. The largest absolute Gasteiger partial charge is 0.388 e. The Morgan fingerprint density at radius 2 is 2.36 bits per heavy atom. The zero-order chi connectivity index (χ0) is 10.2. The van der Waals surface area contributed by atoms with Gasteiger partial charge in [-0.2, -0.15) is 0 Å². The lowest BCUT2D eigenvalue weighted by atomic mass is 10.3. The van der Waals surface area contributed by atoms with E-state index >= 15 is 0 Å². The van der Waals surface area contributed by atoms with E-state index in [4.69, 9.17) is 11.1 Å². The van der Waals surface area contributed by atoms with E-state index in [0.717, 1.165) is 17.2 Å². The fourth-order valence-electron chi connectivity index (χ4n) is 0.820. The van der Waals surface area contributed by atoms with Gasteiger partial charge < -0.3 is 5.73 Å². The second kappa shape index (κ2) is 6.73. The van der Waals surface area contributed by atoms with Crippen LogP contribution in [0.4, 0.5) is 0 Å². The minimum Gasteiger partial charge on any atom is -0.388 e. The van der Waals surface area contributed by atoms with Crippen LogP contribution in [0.3, 0.4) is 0 Å². The average Bonchev–Trinajstić information content (AvgIpc) is 2.18. The minimum atomic E-state index is 0.272. The van der Waals surface area contributed by atoms with Crippen LogP contribution in [0.25, 0.3) is 0 Å². The summed E-state index contributed by atoms with van der Waals surface area (Å²) in [6, 6.07) is 5.87. The Labute approximate surface area is 91.8 Å². The van der Waals surface area contributed by atoms with Crippen LogP contribution in [0.2, 0.25) is 0 Å². The molecular weight excluding hydrogens is 214 g/mol. The molecule has 1 heterocycles. The van der Waals surface area contributed by atoms with Crippen LogP contribution in [-0.2, 0) is 0 Å². The highest BCUT2D eigenvalue weighted by Gasteiger charge is 1.95. The van der Waals surface area contributed by atoms with E-state index in [9.17, 15) is 0 Å². The van der Waals surface area contributed by atoms with Crippen molar-refractivity contribution in [1.29, 1.82) is 5.41 Å². The predicted octanol–water partition coefficient (Wildman–Crippen LogP) is 2.54. The fraction of sp³-hybridized carbons (Fsp3) is 0.333. The molecule has 0 aliphatic heterocycles. The molecule has 1 aromatic rings. The summed E-state index contributed by atoms with van der Waals surface area (Å²) < 4.78 is 0. The molecule has 14 heavy (non-hydrogen) atoms. The van der Waals surface area contributed by atoms with Gasteiger partial charge in [-0.25, -0.2) is 4.98 Å². The van der Waals surface area contributed by atoms with Gasteiger partial charge in [0.1, 0.15) is 5.03 Å². The smallest absolute Gasteiger partial charge is 0.106 e. The van der Waals surface area contributed by atoms with E-state index in [1.54, 1.807) is 27.8 Å². The summed E-state index contributed by atoms with van der Waals surface area (Å²) in [7, 11) is 3.42. The number of pyridine rings is 1. The normalized spacial score (nSPS) is 10.0. The topological polar surface area (TPSA) is 62.8 Å². The van der Waals surface area contributed by atoms with Crippen LogP contribution in [0.15, 0.2) is 29.4 Å². The van der Waals surface area contributed by atoms with E-state index < -0.39 is 0 Å². The van der Waals surface area contributed by atoms with Crippen LogP contribution in [-0.4, -0.2) is 16.6 Å². The molecule has 0 amide bonds. The molecular formula is C9H13N3S2. The van der Waals surface area contributed by atoms with E-state index in [1.165, 1.54) is 0 Å². The molecule has 0 aromatic carbocycles. The van der Waals surface area contributed by atoms with Gasteiger partial charge in [0.15, 0.2) is 0 Å². The predicted molar refractivity (Wildman–Crippen MR) is 63.7 cm³/mol. The number of hydrogen-bond acceptors (Lipinski definition) is 4. The van der Waals surface area contributed by atoms with Gasteiger partial charge in [-0.3, -0.25) is 5.41 Å². The van der Waals surface area contributed by atoms with Gasteiger partial charge in [-0.1, -0.05) is 16.9 Å². The first kappa shape index (κ1) is 11.4. The average molecular weight is 227 g/mol. The molecule has 0 saturated carbocycles. The monoisotopic (exact) mass is 227 g/mol. The first-order valence-corrected chi connectivity index (χ1v) is 6.64. The van der Waals surface area contributed by atoms with Crippen molar-refractivity contribution < 1.29 is 0 Å². The second-order valence-corrected chi connectivity index (χ2v) is 5.14. The van der Waals surface area contributed by atoms with Gasteiger partial charge in [-0.05, 0) is 29.3 Å². The Hall–Kier alpha value is -0.680. The lowest BCUT2D eigenvalue weighted by Gasteiger charge is -1.99. The van der Waals surface area contributed by atoms with Crippen LogP contribution in [0, 0.1) is 5.41 Å². The van der Waals surface area contributed by atoms with Gasteiger partial charge in [0.05, 0.1) is 5.84 Å². The lowest BCUT2D eigenvalue weighted by Crippen LogP contribution is -2.08. The number of rotatable bonds is 6. The van der Waals surface area contributed by atoms with Crippen LogP contribution in [0.5, 0.6) is 0 Å². The molecule has 76 valence electrons. The number of nitrogens with two attached hydrogens (primary N) is 1. The number of aromatic nitrogens is 1. The first-order valence-electron chi connectivity index (χ1n) is 4.32. The summed E-state index contributed by atoms with van der Waals surface area (Å²) in [4.78, 5) is 4.19. The zero-order valence-electron chi connectivity index (χ0n) is 7.77. The molecule has 0 radical (unpaired) electrons. The van der Waals surface area contributed by atoms with Crippen molar-refractivity contribution in [2.24, 2.45) is 5.73 Å². The maximum atomic E-state index is 7.04. The number of hydrogen-bond donors (Lipinski definition) is 2. The maximum Gasteiger partial charge on any atom is 0.106 e. The standard InChI is InChI=1S/C9H13N3S2/c10-8(11)4-3-7-13-14-9-5-1-2-6-12-9/h1-2,5-6H,3-4,7H2,(H3,10,11). The highest BCUT2D eigenvalue weighted by Crippen LogP contribution is 2.29. The van der Waals surface area contributed by atoms with Crippen molar-refractivity contribution in [3.05, 3.63) is 24.4 Å². The third kappa shape index (κ3) is 5.14. The summed E-state index contributed by atoms with van der Waals surface area (Å²) in [6.45, 7) is 0. The Morgan fingerprint density at radius 3 is 3.00 bits per heavy atom. The van der Waals surface area contributed by atoms with E-state index in [0.29, 0.717) is 6.42 Å². The number of nitrogens with one attached hydrogen (secondary N) is 1. The van der Waals surface area contributed by atoms with Crippen molar-refractivity contribution in [2.75, 3.05) is 5.75 Å². The fourth-order valence-corrected chi connectivity index (χ4v) is 2.79. The second-order valence-electron chi connectivity index (χ2n) is 2.70. The molecule has 3 nitrogen and oxygen atoms in total. The molecule has 1 aromatic heterocycles. The van der Waals surface area contributed by atoms with Crippen LogP contribution >= 0.6 is 21.6 Å². The molecule has 5 heteroatoms. The summed E-state index contributed by atoms with van der Waals surface area (Å²) in [6.07, 6.45) is 3.44. The third-order valence-corrected chi connectivity index (χ3v) is 3.81. The van der Waals surface area contributed by atoms with E-state index in [2.05, 4.69) is 4.98 Å². The highest BCUT2D eigenvalue weighted by atomic mass is 33.1. The summed E-state index contributed by atoms with van der Waals surface area (Å²) in [5.41, 5.74) is 5.24. The Morgan fingerprint density at radius 1 is 1.50 bits per heavy atom. The molecule has 0 aliphatic rings. The molecule has 3 N–H and O–H groups in total. The van der Waals surface area contributed by atoms with Crippen molar-refractivity contribution in [3.8, 4) is 0 Å². The van der Waals surface area contributed by atoms with Crippen molar-refractivity contribution >= 4 is 27.4 Å². The number of amidine groups is 1. The van der Waals surface area contributed by atoms with Crippen molar-refractivity contribution in [1.82, 2.24) is 4.98 Å². The van der Waals surface area contributed by atoms with Crippen LogP contribution in [0.1, 0.15) is 12.8 Å². The quantitative estimate of drug-likeness (QED) is 0.339. The van der Waals surface area contributed by atoms with E-state index in [-0.39, 0.29) is 5.84 Å². The molecule has 0 fully saturated rings. The molecule has 0 saturated heterocycles. The molecule has 0 atom stereocenters. The maximum absolute atomic E-state index is 7.04. The molecule has 0 unspecified atom stereocenters. The summed E-state index contributed by atoms with van der Waals surface area (Å²) in [5, 5.41) is 8.07. The molecule has 1 rings (SSSR count). The summed E-state index contributed by atoms with van der Waals surface area (Å²) >= 11 is 0. The van der Waals surface area contributed by atoms with Gasteiger partial charge >= 0.3 is 0 Å². The SMILES string of the molecule is N=C(N)CCCSSc1ccccn1. The molecule has 0 bridgehead atoms. The molecule has 0 aliphatic carbocycles. The molecule has 0 spiro atoms. The van der Waals surface area contributed by atoms with Gasteiger partial charge in [0.25, 0.3) is 0 Å². The van der Waals surface area contributed by atoms with Crippen molar-refractivity contribution in [3.63, 3.8) is 0 Å². The first-order chi connectivity index (χ1) is 6.79. The Balaban J connectivity index is 2.08. The highest BCUT2D eigenvalue weighted by molar-refractivity contribution is 8.76. The Bertz CT molecular complexity index is 277. The minimum absolute atomic E-state index is 0.272. The van der Waals surface area contributed by atoms with Gasteiger partial charge in [0, 0.05) is 18.4 Å².